The number of benzene rings is 1. The maximum atomic E-state index is 15.1. The van der Waals surface area contributed by atoms with E-state index in [0.717, 1.165) is 25.7 Å². The van der Waals surface area contributed by atoms with Gasteiger partial charge in [-0.2, -0.15) is 0 Å². The van der Waals surface area contributed by atoms with Gasteiger partial charge in [0.1, 0.15) is 17.7 Å². The lowest BCUT2D eigenvalue weighted by Crippen LogP contribution is -2.37. The zero-order valence-corrected chi connectivity index (χ0v) is 21.5. The molecule has 10 heteroatoms. The van der Waals surface area contributed by atoms with Crippen LogP contribution in [0.4, 0.5) is 14.5 Å². The molecule has 7 nitrogen and oxygen atoms in total. The molecule has 0 bridgehead atoms. The lowest BCUT2D eigenvalue weighted by atomic mass is 9.70. The molecular formula is C27H30ClF2N3O4. The number of aromatic nitrogens is 2. The zero-order chi connectivity index (χ0) is 26.5. The molecular weight excluding hydrogens is 504 g/mol. The van der Waals surface area contributed by atoms with Crippen molar-refractivity contribution in [3.05, 3.63) is 40.9 Å². The monoisotopic (exact) mass is 533 g/mol. The van der Waals surface area contributed by atoms with E-state index in [-0.39, 0.29) is 28.3 Å². The summed E-state index contributed by atoms with van der Waals surface area (Å²) in [4.78, 5) is 20.9. The molecule has 5 rings (SSSR count). The molecule has 2 aliphatic rings. The fourth-order valence-corrected chi connectivity index (χ4v) is 5.69. The average molecular weight is 534 g/mol. The third-order valence-electron chi connectivity index (χ3n) is 7.86. The number of H-pyrrole nitrogens is 1. The Labute approximate surface area is 218 Å². The molecule has 37 heavy (non-hydrogen) atoms. The van der Waals surface area contributed by atoms with Crippen LogP contribution in [0, 0.1) is 23.0 Å². The highest BCUT2D eigenvalue weighted by Gasteiger charge is 2.39. The van der Waals surface area contributed by atoms with Crippen LogP contribution in [-0.4, -0.2) is 51.4 Å². The van der Waals surface area contributed by atoms with Crippen molar-refractivity contribution in [3.8, 4) is 17.1 Å². The molecule has 1 saturated carbocycles. The Balaban J connectivity index is 1.35. The molecule has 0 spiro atoms. The van der Waals surface area contributed by atoms with Gasteiger partial charge >= 0.3 is 5.97 Å². The van der Waals surface area contributed by atoms with Crippen molar-refractivity contribution >= 4 is 34.3 Å². The van der Waals surface area contributed by atoms with Crippen LogP contribution in [0.25, 0.3) is 22.3 Å². The molecule has 2 aromatic heterocycles. The van der Waals surface area contributed by atoms with Crippen molar-refractivity contribution in [2.75, 3.05) is 18.0 Å². The fourth-order valence-electron chi connectivity index (χ4n) is 5.45. The molecule has 0 unspecified atom stereocenters. The number of β-amino-alcohol motifs (C(OH)–C–C–N with tert-alkyl or cyclic N) is 1. The van der Waals surface area contributed by atoms with Crippen molar-refractivity contribution in [2.45, 2.75) is 58.2 Å². The van der Waals surface area contributed by atoms with Gasteiger partial charge < -0.3 is 24.8 Å². The number of hydrogen-bond acceptors (Lipinski definition) is 5. The number of hydrogen-bond donors (Lipinski definition) is 3. The first-order valence-electron chi connectivity index (χ1n) is 12.5. The summed E-state index contributed by atoms with van der Waals surface area (Å²) in [6, 6.07) is 5.73. The summed E-state index contributed by atoms with van der Waals surface area (Å²) in [7, 11) is 0. The Morgan fingerprint density at radius 1 is 1.14 bits per heavy atom. The van der Waals surface area contributed by atoms with Gasteiger partial charge in [0, 0.05) is 24.8 Å². The van der Waals surface area contributed by atoms with E-state index in [4.69, 9.17) is 16.3 Å². The molecule has 2 fully saturated rings. The third kappa shape index (κ3) is 4.99. The topological polar surface area (TPSA) is 98.7 Å². The fraction of sp³-hybridized carbons (Fsp3) is 0.481. The molecule has 0 amide bonds. The van der Waals surface area contributed by atoms with Crippen LogP contribution in [0.3, 0.4) is 0 Å². The molecule has 0 radical (unpaired) electrons. The summed E-state index contributed by atoms with van der Waals surface area (Å²) in [6.07, 6.45) is 2.93. The number of carbonyl (C=O) groups is 1. The number of aromatic amines is 1. The van der Waals surface area contributed by atoms with Crippen LogP contribution in [0.5, 0.6) is 5.88 Å². The molecule has 1 aliphatic carbocycles. The SMILES string of the molecule is CC(C)(C(=O)O)C1CCC(Oc2cc3nc(-c4c(F)cc(N5CC[C@@H](O)C5)cc4F)c(Cl)cc3[nH]2)CC1. The minimum atomic E-state index is -0.788. The van der Waals surface area contributed by atoms with Crippen molar-refractivity contribution in [3.63, 3.8) is 0 Å². The molecule has 198 valence electrons. The number of fused-ring (bicyclic) bond motifs is 1. The van der Waals surface area contributed by atoms with E-state index in [2.05, 4.69) is 9.97 Å². The van der Waals surface area contributed by atoms with Gasteiger partial charge in [0.05, 0.1) is 38.8 Å². The van der Waals surface area contributed by atoms with Crippen LogP contribution in [-0.2, 0) is 4.79 Å². The van der Waals surface area contributed by atoms with Crippen LogP contribution >= 0.6 is 11.6 Å². The first-order chi connectivity index (χ1) is 17.5. The van der Waals surface area contributed by atoms with Gasteiger partial charge in [-0.15, -0.1) is 0 Å². The minimum Gasteiger partial charge on any atom is -0.481 e. The summed E-state index contributed by atoms with van der Waals surface area (Å²) in [6.45, 7) is 4.38. The Kier molecular flexibility index (Phi) is 6.79. The number of ether oxygens (including phenoxy) is 1. The maximum absolute atomic E-state index is 15.1. The number of aliphatic hydroxyl groups is 1. The summed E-state index contributed by atoms with van der Waals surface area (Å²) >= 11 is 6.41. The highest BCUT2D eigenvalue weighted by molar-refractivity contribution is 6.33. The van der Waals surface area contributed by atoms with E-state index in [0.29, 0.717) is 42.1 Å². The largest absolute Gasteiger partial charge is 0.481 e. The number of anilines is 1. The van der Waals surface area contributed by atoms with Crippen LogP contribution in [0.15, 0.2) is 24.3 Å². The van der Waals surface area contributed by atoms with E-state index in [1.54, 1.807) is 30.9 Å². The highest BCUT2D eigenvalue weighted by Crippen LogP contribution is 2.40. The second-order valence-electron chi connectivity index (χ2n) is 10.7. The van der Waals surface area contributed by atoms with Crippen LogP contribution in [0.1, 0.15) is 46.0 Å². The molecule has 3 aromatic rings. The van der Waals surface area contributed by atoms with E-state index in [1.807, 2.05) is 0 Å². The van der Waals surface area contributed by atoms with Gasteiger partial charge in [0.25, 0.3) is 0 Å². The van der Waals surface area contributed by atoms with Crippen molar-refractivity contribution in [1.82, 2.24) is 9.97 Å². The lowest BCUT2D eigenvalue weighted by Gasteiger charge is -2.36. The smallest absolute Gasteiger partial charge is 0.309 e. The average Bonchev–Trinajstić information content (AvgIpc) is 3.44. The number of rotatable bonds is 6. The summed E-state index contributed by atoms with van der Waals surface area (Å²) in [5.74, 6) is -1.79. The Morgan fingerprint density at radius 3 is 2.41 bits per heavy atom. The van der Waals surface area contributed by atoms with Gasteiger partial charge in [-0.3, -0.25) is 4.79 Å². The molecule has 1 aliphatic heterocycles. The number of nitrogens with zero attached hydrogens (tertiary/aromatic N) is 2. The normalized spacial score (nSPS) is 22.5. The van der Waals surface area contributed by atoms with Crippen molar-refractivity contribution < 1.29 is 28.5 Å². The zero-order valence-electron chi connectivity index (χ0n) is 20.7. The first kappa shape index (κ1) is 25.7. The summed E-state index contributed by atoms with van der Waals surface area (Å²) in [5, 5.41) is 19.3. The Bertz CT molecular complexity index is 1310. The molecule has 3 heterocycles. The highest BCUT2D eigenvalue weighted by atomic mass is 35.5. The third-order valence-corrected chi connectivity index (χ3v) is 8.15. The van der Waals surface area contributed by atoms with E-state index < -0.39 is 29.1 Å². The number of carboxylic acid groups (broad SMARTS) is 1. The Hall–Kier alpha value is -2.91. The predicted molar refractivity (Wildman–Crippen MR) is 137 cm³/mol. The quantitative estimate of drug-likeness (QED) is 0.371. The molecule has 1 atom stereocenters. The van der Waals surface area contributed by atoms with Gasteiger partial charge in [-0.25, -0.2) is 13.8 Å². The summed E-state index contributed by atoms with van der Waals surface area (Å²) in [5.41, 5.74) is 0.319. The van der Waals surface area contributed by atoms with Crippen molar-refractivity contribution in [2.24, 2.45) is 11.3 Å². The van der Waals surface area contributed by atoms with E-state index in [9.17, 15) is 15.0 Å². The molecule has 3 N–H and O–H groups in total. The minimum absolute atomic E-state index is 0.000802. The van der Waals surface area contributed by atoms with Crippen LogP contribution in [0.2, 0.25) is 5.02 Å². The number of aliphatic hydroxyl groups excluding tert-OH is 1. The number of aliphatic carboxylic acids is 1. The number of halogens is 3. The summed E-state index contributed by atoms with van der Waals surface area (Å²) < 4.78 is 36.3. The standard InChI is InChI=1S/C27H30ClF2N3O4/c1-27(2,26(35)36)14-3-5-17(6-4-14)37-23-12-22-21(31-23)11-18(28)25(32-22)24-19(29)9-15(10-20(24)30)33-8-7-16(34)13-33/h9-12,14,16-17,31,34H,3-8,13H2,1-2H3,(H,35,36)/t14?,16-,17?/m1/s1. The maximum Gasteiger partial charge on any atom is 0.309 e. The lowest BCUT2D eigenvalue weighted by molar-refractivity contribution is -0.151. The number of nitrogens with one attached hydrogen (secondary N) is 1. The molecule has 1 aromatic carbocycles. The number of carboxylic acids is 1. The predicted octanol–water partition coefficient (Wildman–Crippen LogP) is 5.78. The second-order valence-corrected chi connectivity index (χ2v) is 11.1. The first-order valence-corrected chi connectivity index (χ1v) is 12.9. The van der Waals surface area contributed by atoms with Gasteiger partial charge in [0.2, 0.25) is 0 Å². The second kappa shape index (κ2) is 9.76. The van der Waals surface area contributed by atoms with Crippen LogP contribution < -0.4 is 9.64 Å². The van der Waals surface area contributed by atoms with Crippen molar-refractivity contribution in [1.29, 1.82) is 0 Å². The number of pyridine rings is 1. The van der Waals surface area contributed by atoms with E-state index >= 15 is 8.78 Å². The van der Waals surface area contributed by atoms with Gasteiger partial charge in [-0.05, 0) is 70.1 Å². The van der Waals surface area contributed by atoms with Gasteiger partial charge in [0.15, 0.2) is 5.88 Å². The van der Waals surface area contributed by atoms with Gasteiger partial charge in [-0.1, -0.05) is 11.6 Å². The van der Waals surface area contributed by atoms with E-state index in [1.165, 1.54) is 12.1 Å². The Morgan fingerprint density at radius 2 is 1.81 bits per heavy atom. The molecule has 1 saturated heterocycles.